The van der Waals surface area contributed by atoms with Crippen molar-refractivity contribution in [3.8, 4) is 0 Å². The van der Waals surface area contributed by atoms with Gasteiger partial charge in [-0.3, -0.25) is 9.97 Å². The lowest BCUT2D eigenvalue weighted by atomic mass is 10.2. The molecule has 0 aliphatic heterocycles. The van der Waals surface area contributed by atoms with Gasteiger partial charge in [-0.05, 0) is 47.1 Å². The first-order valence-corrected chi connectivity index (χ1v) is 7.94. The van der Waals surface area contributed by atoms with Crippen LogP contribution in [0.25, 0.3) is 0 Å². The second-order valence-corrected chi connectivity index (χ2v) is 4.37. The van der Waals surface area contributed by atoms with Crippen molar-refractivity contribution in [1.82, 2.24) is 19.9 Å². The normalized spacial score (nSPS) is 8.45. The van der Waals surface area contributed by atoms with E-state index in [-0.39, 0.29) is 0 Å². The third-order valence-electron chi connectivity index (χ3n) is 2.62. The van der Waals surface area contributed by atoms with Crippen LogP contribution in [0.1, 0.15) is 61.9 Å². The van der Waals surface area contributed by atoms with Crippen LogP contribution in [-0.4, -0.2) is 19.9 Å². The van der Waals surface area contributed by atoms with E-state index in [9.17, 15) is 0 Å². The highest BCUT2D eigenvalue weighted by Gasteiger charge is 1.99. The standard InChI is InChI=1S/C8H12N2.C6H8N2.2C2H6/c1-5-6(2)9-8(4)10-7(5)3;1-5-3-7-4-6(2)8-5;2*1-2/h1-4H3;3-4H,1-2H3;2*1-2H3. The summed E-state index contributed by atoms with van der Waals surface area (Å²) >= 11 is 0. The summed E-state index contributed by atoms with van der Waals surface area (Å²) in [7, 11) is 0. The van der Waals surface area contributed by atoms with Crippen molar-refractivity contribution in [2.45, 2.75) is 69.2 Å². The molecule has 4 nitrogen and oxygen atoms in total. The maximum atomic E-state index is 4.22. The zero-order chi connectivity index (χ0) is 17.7. The fourth-order valence-electron chi connectivity index (χ4n) is 1.53. The molecule has 2 rings (SSSR count). The van der Waals surface area contributed by atoms with Crippen LogP contribution in [0.5, 0.6) is 0 Å². The Balaban J connectivity index is 0. The van der Waals surface area contributed by atoms with Crippen molar-refractivity contribution in [3.05, 3.63) is 46.6 Å². The topological polar surface area (TPSA) is 51.6 Å². The monoisotopic (exact) mass is 304 g/mol. The number of rotatable bonds is 0. The SMILES string of the molecule is CC.CC.Cc1cncc(C)n1.Cc1nc(C)c(C)c(C)n1. The average molecular weight is 304 g/mol. The van der Waals surface area contributed by atoms with E-state index in [1.54, 1.807) is 12.4 Å². The quantitative estimate of drug-likeness (QED) is 0.697. The van der Waals surface area contributed by atoms with Crippen molar-refractivity contribution in [1.29, 1.82) is 0 Å². The summed E-state index contributed by atoms with van der Waals surface area (Å²) in [6, 6.07) is 0. The molecule has 2 aromatic heterocycles. The van der Waals surface area contributed by atoms with Gasteiger partial charge in [0.15, 0.2) is 0 Å². The highest BCUT2D eigenvalue weighted by atomic mass is 14.9. The van der Waals surface area contributed by atoms with E-state index in [1.165, 1.54) is 5.56 Å². The fourth-order valence-corrected chi connectivity index (χ4v) is 1.53. The van der Waals surface area contributed by atoms with E-state index in [1.807, 2.05) is 69.2 Å². The minimum Gasteiger partial charge on any atom is -0.261 e. The van der Waals surface area contributed by atoms with Gasteiger partial charge in [-0.2, -0.15) is 0 Å². The van der Waals surface area contributed by atoms with Gasteiger partial charge in [-0.25, -0.2) is 9.97 Å². The largest absolute Gasteiger partial charge is 0.261 e. The first kappa shape index (κ1) is 22.4. The van der Waals surface area contributed by atoms with Crippen molar-refractivity contribution in [2.24, 2.45) is 0 Å². The molecule has 0 spiro atoms. The smallest absolute Gasteiger partial charge is 0.125 e. The van der Waals surface area contributed by atoms with Crippen molar-refractivity contribution in [3.63, 3.8) is 0 Å². The maximum absolute atomic E-state index is 4.22. The molecule has 0 N–H and O–H groups in total. The van der Waals surface area contributed by atoms with Crippen molar-refractivity contribution < 1.29 is 0 Å². The van der Waals surface area contributed by atoms with Gasteiger partial charge in [0.25, 0.3) is 0 Å². The van der Waals surface area contributed by atoms with Gasteiger partial charge in [0.2, 0.25) is 0 Å². The second kappa shape index (κ2) is 12.9. The molecule has 22 heavy (non-hydrogen) atoms. The van der Waals surface area contributed by atoms with Crippen LogP contribution in [0.15, 0.2) is 12.4 Å². The number of aromatic nitrogens is 4. The van der Waals surface area contributed by atoms with Crippen LogP contribution >= 0.6 is 0 Å². The van der Waals surface area contributed by atoms with Gasteiger partial charge in [0.05, 0.1) is 11.4 Å². The van der Waals surface area contributed by atoms with E-state index in [4.69, 9.17) is 0 Å². The lowest BCUT2D eigenvalue weighted by Gasteiger charge is -2.02. The van der Waals surface area contributed by atoms with Crippen molar-refractivity contribution >= 4 is 0 Å². The molecule has 0 amide bonds. The molecule has 0 saturated heterocycles. The average Bonchev–Trinajstić information content (AvgIpc) is 2.49. The molecule has 0 atom stereocenters. The zero-order valence-corrected chi connectivity index (χ0v) is 15.9. The van der Waals surface area contributed by atoms with Gasteiger partial charge in [-0.15, -0.1) is 0 Å². The molecule has 2 heterocycles. The maximum Gasteiger partial charge on any atom is 0.125 e. The van der Waals surface area contributed by atoms with Gasteiger partial charge >= 0.3 is 0 Å². The summed E-state index contributed by atoms with van der Waals surface area (Å²) < 4.78 is 0. The molecule has 0 bridgehead atoms. The van der Waals surface area contributed by atoms with Gasteiger partial charge in [0.1, 0.15) is 5.82 Å². The minimum absolute atomic E-state index is 0.862. The summed E-state index contributed by atoms with van der Waals surface area (Å²) in [6.45, 7) is 19.8. The minimum atomic E-state index is 0.862. The van der Waals surface area contributed by atoms with Crippen LogP contribution in [0.4, 0.5) is 0 Å². The Labute approximate surface area is 136 Å². The Morgan fingerprint density at radius 2 is 0.955 bits per heavy atom. The third-order valence-corrected chi connectivity index (χ3v) is 2.62. The van der Waals surface area contributed by atoms with Crippen molar-refractivity contribution in [2.75, 3.05) is 0 Å². The molecule has 0 unspecified atom stereocenters. The summed E-state index contributed by atoms with van der Waals surface area (Å²) in [5.74, 6) is 0.862. The molecular formula is C18H32N4. The van der Waals surface area contributed by atoms with E-state index in [0.717, 1.165) is 28.6 Å². The predicted molar refractivity (Wildman–Crippen MR) is 95.2 cm³/mol. The highest BCUT2D eigenvalue weighted by molar-refractivity contribution is 5.21. The van der Waals surface area contributed by atoms with Crippen LogP contribution in [0.2, 0.25) is 0 Å². The Hall–Kier alpha value is -1.84. The highest BCUT2D eigenvalue weighted by Crippen LogP contribution is 2.06. The Bertz CT molecular complexity index is 496. The molecule has 2 aromatic rings. The van der Waals surface area contributed by atoms with E-state index in [2.05, 4.69) is 19.9 Å². The number of aryl methyl sites for hydroxylation is 5. The molecule has 0 radical (unpaired) electrons. The van der Waals surface area contributed by atoms with E-state index in [0.29, 0.717) is 0 Å². The zero-order valence-electron chi connectivity index (χ0n) is 15.9. The van der Waals surface area contributed by atoms with Gasteiger partial charge < -0.3 is 0 Å². The fraction of sp³-hybridized carbons (Fsp3) is 0.556. The predicted octanol–water partition coefficient (Wildman–Crippen LogP) is 4.86. The summed E-state index contributed by atoms with van der Waals surface area (Å²) in [6.07, 6.45) is 3.49. The number of nitrogens with zero attached hydrogens (tertiary/aromatic N) is 4. The summed E-state index contributed by atoms with van der Waals surface area (Å²) in [5, 5.41) is 0. The Morgan fingerprint density at radius 3 is 1.23 bits per heavy atom. The van der Waals surface area contributed by atoms with E-state index >= 15 is 0 Å². The number of hydrogen-bond donors (Lipinski definition) is 0. The molecular weight excluding hydrogens is 272 g/mol. The van der Waals surface area contributed by atoms with Gasteiger partial charge in [-0.1, -0.05) is 27.7 Å². The first-order valence-electron chi connectivity index (χ1n) is 7.94. The van der Waals surface area contributed by atoms with E-state index < -0.39 is 0 Å². The number of hydrogen-bond acceptors (Lipinski definition) is 4. The molecule has 0 saturated carbocycles. The molecule has 0 fully saturated rings. The summed E-state index contributed by atoms with van der Waals surface area (Å²) in [4.78, 5) is 16.5. The molecule has 124 valence electrons. The summed E-state index contributed by atoms with van der Waals surface area (Å²) in [5.41, 5.74) is 5.33. The van der Waals surface area contributed by atoms with Crippen LogP contribution in [0, 0.1) is 41.5 Å². The molecule has 4 heteroatoms. The second-order valence-electron chi connectivity index (χ2n) is 4.37. The van der Waals surface area contributed by atoms with Crippen LogP contribution < -0.4 is 0 Å². The van der Waals surface area contributed by atoms with Crippen LogP contribution in [0.3, 0.4) is 0 Å². The lowest BCUT2D eigenvalue weighted by Crippen LogP contribution is -1.97. The van der Waals surface area contributed by atoms with Crippen LogP contribution in [-0.2, 0) is 0 Å². The van der Waals surface area contributed by atoms with Gasteiger partial charge in [0, 0.05) is 23.8 Å². The Kier molecular flexibility index (Phi) is 13.1. The third kappa shape index (κ3) is 9.16. The lowest BCUT2D eigenvalue weighted by molar-refractivity contribution is 0.948. The Morgan fingerprint density at radius 1 is 0.591 bits per heavy atom. The molecule has 0 aliphatic carbocycles. The first-order chi connectivity index (χ1) is 10.4. The molecule has 0 aromatic carbocycles. The molecule has 0 aliphatic rings.